The lowest BCUT2D eigenvalue weighted by atomic mass is 10.1. The number of aliphatic hydroxyl groups is 5. The zero-order valence-corrected chi connectivity index (χ0v) is 5.34. The normalized spacial score (nSPS) is 21.4. The molecule has 0 aliphatic rings. The zero-order chi connectivity index (χ0) is 8.85. The molecule has 0 heterocycles. The van der Waals surface area contributed by atoms with Crippen molar-refractivity contribution in [2.75, 3.05) is 13.2 Å². The molecule has 0 aromatic heterocycles. The maximum Gasteiger partial charge on any atom is 0.210 e. The molecule has 0 saturated carbocycles. The van der Waals surface area contributed by atoms with Crippen LogP contribution in [-0.4, -0.2) is 58.5 Å². The molecule has 0 amide bonds. The second-order valence-electron chi connectivity index (χ2n) is 1.97. The summed E-state index contributed by atoms with van der Waals surface area (Å²) in [5.74, 6) is 0. The van der Waals surface area contributed by atoms with E-state index < -0.39 is 31.5 Å². The summed E-state index contributed by atoms with van der Waals surface area (Å²) in [6.07, 6.45) is -4.24. The van der Waals surface area contributed by atoms with Crippen molar-refractivity contribution in [3.63, 3.8) is 0 Å². The number of aliphatic hydroxyl groups excluding tert-OH is 5. The Hall–Kier alpha value is -0.200. The molecule has 0 aromatic carbocycles. The number of hydrogen-bond acceptors (Lipinski definition) is 5. The summed E-state index contributed by atoms with van der Waals surface area (Å²) in [7, 11) is 0. The highest BCUT2D eigenvalue weighted by atomic mass is 16.4. The molecule has 0 aliphatic heterocycles. The Balaban J connectivity index is 3.70. The van der Waals surface area contributed by atoms with Crippen LogP contribution in [0.4, 0.5) is 0 Å². The van der Waals surface area contributed by atoms with Crippen LogP contribution in [0.25, 0.3) is 0 Å². The van der Waals surface area contributed by atoms with E-state index in [0.29, 0.717) is 0 Å². The highest BCUT2D eigenvalue weighted by Gasteiger charge is 2.22. The molecule has 5 N–H and O–H groups in total. The quantitative estimate of drug-likeness (QED) is 0.291. The van der Waals surface area contributed by atoms with Gasteiger partial charge in [-0.25, -0.2) is 0 Å². The minimum absolute atomic E-state index is 0.405. The van der Waals surface area contributed by atoms with Crippen molar-refractivity contribution in [1.29, 1.82) is 1.43 Å². The third-order valence-corrected chi connectivity index (χ3v) is 1.15. The van der Waals surface area contributed by atoms with Crippen LogP contribution in [0, 0.1) is 0 Å². The second-order valence-corrected chi connectivity index (χ2v) is 1.97. The SMILES string of the molecule is [2H]OC[C@@H](O)[C@H](O)[C@H](O)CO. The van der Waals surface area contributed by atoms with Crippen LogP contribution < -0.4 is 0 Å². The summed E-state index contributed by atoms with van der Waals surface area (Å²) in [5, 5.41) is 38.6. The van der Waals surface area contributed by atoms with Crippen molar-refractivity contribution in [2.45, 2.75) is 18.3 Å². The first-order chi connectivity index (χ1) is 5.13. The third-order valence-electron chi connectivity index (χ3n) is 1.15. The van der Waals surface area contributed by atoms with Gasteiger partial charge in [0.2, 0.25) is 1.43 Å². The van der Waals surface area contributed by atoms with Gasteiger partial charge in [-0.15, -0.1) is 0 Å². The van der Waals surface area contributed by atoms with Gasteiger partial charge in [-0.05, 0) is 0 Å². The van der Waals surface area contributed by atoms with E-state index in [0.717, 1.165) is 0 Å². The van der Waals surface area contributed by atoms with E-state index >= 15 is 0 Å². The molecule has 3 atom stereocenters. The van der Waals surface area contributed by atoms with E-state index in [1.54, 1.807) is 0 Å². The van der Waals surface area contributed by atoms with Crippen molar-refractivity contribution < 1.29 is 25.5 Å². The summed E-state index contributed by atoms with van der Waals surface area (Å²) in [6.45, 7) is -1.05. The molecule has 0 fully saturated rings. The molecule has 0 bridgehead atoms. The molecule has 0 spiro atoms. The predicted octanol–water partition coefficient (Wildman–Crippen LogP) is -2.95. The molecular weight excluding hydrogens is 140 g/mol. The van der Waals surface area contributed by atoms with Gasteiger partial charge in [0.1, 0.15) is 18.3 Å². The van der Waals surface area contributed by atoms with Crippen LogP contribution in [0.2, 0.25) is 0 Å². The zero-order valence-electron chi connectivity index (χ0n) is 6.34. The lowest BCUT2D eigenvalue weighted by molar-refractivity contribution is -0.0900. The second kappa shape index (κ2) is 4.59. The van der Waals surface area contributed by atoms with Gasteiger partial charge in [0.25, 0.3) is 0 Å². The van der Waals surface area contributed by atoms with Gasteiger partial charge in [0.15, 0.2) is 0 Å². The van der Waals surface area contributed by atoms with Crippen LogP contribution in [0.15, 0.2) is 0 Å². The highest BCUT2D eigenvalue weighted by Crippen LogP contribution is 1.97. The largest absolute Gasteiger partial charge is 0.394 e. The Morgan fingerprint density at radius 1 is 1.10 bits per heavy atom. The summed E-state index contributed by atoms with van der Waals surface area (Å²) >= 11 is 0. The lowest BCUT2D eigenvalue weighted by Gasteiger charge is -2.19. The van der Waals surface area contributed by atoms with E-state index in [1.807, 2.05) is 0 Å². The fraction of sp³-hybridized carbons (Fsp3) is 1.00. The topological polar surface area (TPSA) is 101 Å². The Morgan fingerprint density at radius 3 is 2.00 bits per heavy atom. The smallest absolute Gasteiger partial charge is 0.210 e. The molecular formula is C5H12O5. The number of rotatable bonds is 5. The van der Waals surface area contributed by atoms with Crippen LogP contribution in [0.3, 0.4) is 0 Å². The first kappa shape index (κ1) is 7.90. The summed E-state index contributed by atoms with van der Waals surface area (Å²) in [4.78, 5) is 0. The molecule has 0 aliphatic carbocycles. The van der Waals surface area contributed by atoms with Gasteiger partial charge in [0, 0.05) is 0 Å². The van der Waals surface area contributed by atoms with Crippen LogP contribution in [0.1, 0.15) is 0 Å². The minimum Gasteiger partial charge on any atom is -0.394 e. The van der Waals surface area contributed by atoms with E-state index in [1.165, 1.54) is 0 Å². The van der Waals surface area contributed by atoms with Crippen molar-refractivity contribution in [3.05, 3.63) is 0 Å². The molecule has 0 aromatic rings. The van der Waals surface area contributed by atoms with Gasteiger partial charge in [-0.2, -0.15) is 0 Å². The number of hydrogen-bond donors (Lipinski definition) is 5. The average molecular weight is 153 g/mol. The lowest BCUT2D eigenvalue weighted by Crippen LogP contribution is -2.41. The molecule has 10 heavy (non-hydrogen) atoms. The van der Waals surface area contributed by atoms with E-state index in [4.69, 9.17) is 21.9 Å². The minimum atomic E-state index is -1.48. The van der Waals surface area contributed by atoms with Gasteiger partial charge in [-0.3, -0.25) is 0 Å². The standard InChI is InChI=1S/C5H12O5/c6-1-3(8)5(10)4(9)2-7/h3-10H,1-2H2/t3-,4-/m1/s1/i6D/t3-,4-,5+. The monoisotopic (exact) mass is 153 g/mol. The van der Waals surface area contributed by atoms with E-state index in [2.05, 4.69) is 5.11 Å². The Kier molecular flexibility index (Phi) is 3.63. The van der Waals surface area contributed by atoms with E-state index in [-0.39, 0.29) is 0 Å². The van der Waals surface area contributed by atoms with Crippen LogP contribution >= 0.6 is 0 Å². The Morgan fingerprint density at radius 2 is 1.60 bits per heavy atom. The molecule has 62 valence electrons. The van der Waals surface area contributed by atoms with Crippen molar-refractivity contribution >= 4 is 0 Å². The van der Waals surface area contributed by atoms with Crippen molar-refractivity contribution in [2.24, 2.45) is 0 Å². The maximum absolute atomic E-state index is 8.89. The molecule has 5 nitrogen and oxygen atoms in total. The fourth-order valence-electron chi connectivity index (χ4n) is 0.463. The molecule has 5 heteroatoms. The summed E-state index contributed by atoms with van der Waals surface area (Å²) < 4.78 is 6.21. The fourth-order valence-corrected chi connectivity index (χ4v) is 0.463. The molecule has 0 unspecified atom stereocenters. The molecule has 0 rings (SSSR count). The molecule has 0 radical (unpaired) electrons. The highest BCUT2D eigenvalue weighted by molar-refractivity contribution is 4.73. The van der Waals surface area contributed by atoms with Gasteiger partial charge in [-0.1, -0.05) is 0 Å². The predicted molar refractivity (Wildman–Crippen MR) is 32.2 cm³/mol. The summed E-state index contributed by atoms with van der Waals surface area (Å²) in [6, 6.07) is 0. The summed E-state index contributed by atoms with van der Waals surface area (Å²) in [5.41, 5.74) is 0. The van der Waals surface area contributed by atoms with Crippen LogP contribution in [0.5, 0.6) is 0 Å². The average Bonchev–Trinajstić information content (AvgIpc) is 2.02. The molecule has 0 saturated heterocycles. The van der Waals surface area contributed by atoms with Crippen molar-refractivity contribution in [3.8, 4) is 0 Å². The van der Waals surface area contributed by atoms with Gasteiger partial charge in [0.05, 0.1) is 13.2 Å². The first-order valence-electron chi connectivity index (χ1n) is 3.27. The maximum atomic E-state index is 8.89. The van der Waals surface area contributed by atoms with E-state index in [9.17, 15) is 0 Å². The van der Waals surface area contributed by atoms with Crippen molar-refractivity contribution in [1.82, 2.24) is 0 Å². The Bertz CT molecular complexity index is 101. The first-order valence-corrected chi connectivity index (χ1v) is 2.86. The van der Waals surface area contributed by atoms with Gasteiger partial charge >= 0.3 is 0 Å². The Labute approximate surface area is 59.7 Å². The third kappa shape index (κ3) is 2.59. The van der Waals surface area contributed by atoms with Crippen LogP contribution in [-0.2, 0) is 0 Å². The van der Waals surface area contributed by atoms with Gasteiger partial charge < -0.3 is 25.5 Å².